The fraction of sp³-hybridized carbons (Fsp3) is 0.385. The van der Waals surface area contributed by atoms with Gasteiger partial charge in [-0.3, -0.25) is 19.2 Å². The van der Waals surface area contributed by atoms with Crippen molar-refractivity contribution >= 4 is 111 Å². The summed E-state index contributed by atoms with van der Waals surface area (Å²) in [7, 11) is 0. The van der Waals surface area contributed by atoms with Crippen molar-refractivity contribution in [3.8, 4) is 0 Å². The molecule has 1 saturated carbocycles. The second-order valence-electron chi connectivity index (χ2n) is 32.7. The van der Waals surface area contributed by atoms with Gasteiger partial charge in [0.25, 0.3) is 22.2 Å². The Labute approximate surface area is 703 Å². The fourth-order valence-corrected chi connectivity index (χ4v) is 18.3. The lowest BCUT2D eigenvalue weighted by Gasteiger charge is -2.30. The van der Waals surface area contributed by atoms with Gasteiger partial charge in [0.2, 0.25) is 0 Å². The minimum atomic E-state index is -0.146. The number of anilines is 4. The van der Waals surface area contributed by atoms with E-state index < -0.39 is 0 Å². The van der Waals surface area contributed by atoms with Crippen molar-refractivity contribution in [2.45, 2.75) is 175 Å². The third kappa shape index (κ3) is 16.9. The molecule has 4 fully saturated rings. The van der Waals surface area contributed by atoms with Crippen LogP contribution in [0.25, 0.3) is 87.7 Å². The van der Waals surface area contributed by atoms with Gasteiger partial charge in [0, 0.05) is 74.3 Å². The molecule has 3 saturated heterocycles. The Balaban J connectivity index is 0.000000116. The Morgan fingerprint density at radius 1 is 0.352 bits per heavy atom. The number of pyridine rings is 4. The van der Waals surface area contributed by atoms with E-state index in [1.54, 1.807) is 25.3 Å². The zero-order valence-corrected chi connectivity index (χ0v) is 70.3. The SMILES string of the molecule is Cc1cccc2cc(C(C)Nc3ncnc4nc[nH]c34)n(C3CCCC3)c(=O)c12.Cc1cccc2cc(C(C)Nc3ncnc4nc[nH]c34)n(C3CCOCC3)c(=O)c12.Cc1cccc2cc(C(C)Nc3ncnc4nc[nH]c34)n(CCN3CCCC3)c(=O)c12.Cc1cccc2cc(C(C)Nc3ncnc4nc[nH]c34)n(CCN3CCCCC3)c(=O)c12. The normalized spacial score (nSPS) is 15.9. The molecule has 4 unspecified atom stereocenters. The van der Waals surface area contributed by atoms with Crippen LogP contribution in [0.15, 0.2) is 167 Å². The molecular formula is C91H104N26O5. The Morgan fingerprint density at radius 2 is 0.648 bits per heavy atom. The number of likely N-dealkylation sites (tertiary alicyclic amines) is 2. The molecule has 31 nitrogen and oxygen atoms in total. The number of rotatable bonds is 20. The maximum atomic E-state index is 13.6. The van der Waals surface area contributed by atoms with Crippen LogP contribution < -0.4 is 43.5 Å². The summed E-state index contributed by atoms with van der Waals surface area (Å²) in [5.41, 5.74) is 13.7. The predicted octanol–water partition coefficient (Wildman–Crippen LogP) is 14.6. The second kappa shape index (κ2) is 36.1. The molecule has 122 heavy (non-hydrogen) atoms. The van der Waals surface area contributed by atoms with Gasteiger partial charge in [-0.2, -0.15) is 0 Å². The van der Waals surface area contributed by atoms with Gasteiger partial charge in [0.15, 0.2) is 45.9 Å². The first kappa shape index (κ1) is 81.4. The topological polar surface area (TPSA) is 370 Å². The van der Waals surface area contributed by atoms with E-state index in [0.29, 0.717) is 72.2 Å². The number of fused-ring (bicyclic) bond motifs is 8. The maximum absolute atomic E-state index is 13.6. The van der Waals surface area contributed by atoms with Crippen molar-refractivity contribution in [2.24, 2.45) is 0 Å². The first-order valence-electron chi connectivity index (χ1n) is 42.7. The van der Waals surface area contributed by atoms with Gasteiger partial charge in [-0.1, -0.05) is 92.1 Å². The summed E-state index contributed by atoms with van der Waals surface area (Å²) in [4.78, 5) is 123. The third-order valence-corrected chi connectivity index (χ3v) is 24.6. The highest BCUT2D eigenvalue weighted by Crippen LogP contribution is 2.36. The van der Waals surface area contributed by atoms with Crippen molar-refractivity contribution in [2.75, 3.05) is 73.7 Å². The van der Waals surface area contributed by atoms with Gasteiger partial charge >= 0.3 is 0 Å². The summed E-state index contributed by atoms with van der Waals surface area (Å²) in [6, 6.07) is 32.5. The van der Waals surface area contributed by atoms with Gasteiger partial charge in [0.05, 0.1) is 71.0 Å². The van der Waals surface area contributed by atoms with Gasteiger partial charge in [-0.15, -0.1) is 0 Å². The Hall–Kier alpha value is -13.0. The highest BCUT2D eigenvalue weighted by Gasteiger charge is 2.29. The molecule has 20 rings (SSSR count). The minimum Gasteiger partial charge on any atom is -0.381 e. The number of aromatic nitrogens is 20. The van der Waals surface area contributed by atoms with E-state index in [2.05, 4.69) is 163 Å². The zero-order chi connectivity index (χ0) is 84.1. The third-order valence-electron chi connectivity index (χ3n) is 24.6. The summed E-state index contributed by atoms with van der Waals surface area (Å²) < 4.78 is 13.4. The number of ether oxygens (including phenoxy) is 1. The number of aryl methyl sites for hydroxylation is 4. The Kier molecular flexibility index (Phi) is 24.1. The molecule has 4 atom stereocenters. The van der Waals surface area contributed by atoms with Crippen LogP contribution in [-0.4, -0.2) is 160 Å². The monoisotopic (exact) mass is 1640 g/mol. The molecule has 12 aromatic heterocycles. The van der Waals surface area contributed by atoms with E-state index in [-0.39, 0.29) is 58.5 Å². The lowest BCUT2D eigenvalue weighted by molar-refractivity contribution is 0.0678. The van der Waals surface area contributed by atoms with Gasteiger partial charge in [-0.05, 0) is 201 Å². The standard InChI is InChI=1S/C24H29N7O.C23H27N7O.C22H24N6O2.C22H24N6O/c1-16-7-6-8-18-13-19(17(2)29-23-21-22(26-14-25-21)27-15-28-23)31(24(32)20(16)18)12-11-30-9-4-3-5-10-30;1-15-6-5-7-17-12-18(16(2)28-22-20-21(25-13-24-20)26-14-27-22)30(23(31)19(15)17)11-10-29-8-3-4-9-29;1-13-4-3-5-15-10-17(28(22(29)18(13)15)16-6-8-30-9-7-16)14(2)27-21-19-20(24-11-23-19)25-12-26-21;1-13-6-5-7-15-10-17(28(22(29)18(13)15)16-8-3-4-9-16)14(2)27-21-19-20(24-11-23-19)25-12-26-21/h6-8,13-15,17H,3-5,9-12H2,1-2H3,(H2,25,26,27,28,29);5-7,12-14,16H,3-4,8-11H2,1-2H3,(H2,24,25,26,27,28);3-5,10-12,14,16H,6-9H2,1-2H3,(H2,23,24,25,26,27);5-7,10-12,14,16H,3-4,8-9H2,1-2H3,(H2,23,24,25,26,27). The van der Waals surface area contributed by atoms with Gasteiger partial charge in [0.1, 0.15) is 47.4 Å². The number of aromatic amines is 4. The van der Waals surface area contributed by atoms with Crippen molar-refractivity contribution in [1.82, 2.24) is 108 Å². The average molecular weight is 1640 g/mol. The average Bonchev–Trinajstić information content (AvgIpc) is 1.22. The van der Waals surface area contributed by atoms with Crippen molar-refractivity contribution in [3.05, 3.63) is 234 Å². The number of imidazole rings is 4. The number of benzene rings is 4. The molecule has 4 aromatic carbocycles. The summed E-state index contributed by atoms with van der Waals surface area (Å²) in [6.07, 6.45) is 24.8. The maximum Gasteiger partial charge on any atom is 0.259 e. The van der Waals surface area contributed by atoms with E-state index in [9.17, 15) is 19.2 Å². The molecule has 3 aliphatic heterocycles. The summed E-state index contributed by atoms with van der Waals surface area (Å²) in [5, 5.41) is 21.0. The number of piperidine rings is 1. The van der Waals surface area contributed by atoms with E-state index in [0.717, 1.165) is 175 Å². The molecule has 0 bridgehead atoms. The Bertz CT molecular complexity index is 6710. The van der Waals surface area contributed by atoms with Crippen LogP contribution in [0.5, 0.6) is 0 Å². The van der Waals surface area contributed by atoms with Crippen LogP contribution in [0, 0.1) is 27.7 Å². The number of hydrogen-bond donors (Lipinski definition) is 8. The molecule has 16 aromatic rings. The first-order valence-corrected chi connectivity index (χ1v) is 42.7. The van der Waals surface area contributed by atoms with E-state index >= 15 is 0 Å². The number of H-pyrrole nitrogens is 4. The molecule has 628 valence electrons. The molecular weight excluding hydrogens is 1540 g/mol. The quantitative estimate of drug-likeness (QED) is 0.0351. The van der Waals surface area contributed by atoms with Crippen molar-refractivity contribution < 1.29 is 4.74 Å². The minimum absolute atomic E-state index is 0.0653. The van der Waals surface area contributed by atoms with Crippen molar-refractivity contribution in [1.29, 1.82) is 0 Å². The highest BCUT2D eigenvalue weighted by molar-refractivity contribution is 5.90. The van der Waals surface area contributed by atoms with Crippen LogP contribution in [0.2, 0.25) is 0 Å². The van der Waals surface area contributed by atoms with Crippen LogP contribution in [-0.2, 0) is 17.8 Å². The lowest BCUT2D eigenvalue weighted by Crippen LogP contribution is -2.36. The van der Waals surface area contributed by atoms with Crippen LogP contribution >= 0.6 is 0 Å². The Morgan fingerprint density at radius 3 is 0.984 bits per heavy atom. The predicted molar refractivity (Wildman–Crippen MR) is 479 cm³/mol. The van der Waals surface area contributed by atoms with Crippen LogP contribution in [0.4, 0.5) is 23.3 Å². The van der Waals surface area contributed by atoms with Crippen molar-refractivity contribution in [3.63, 3.8) is 0 Å². The second-order valence-corrected chi connectivity index (χ2v) is 32.7. The lowest BCUT2D eigenvalue weighted by atomic mass is 10.0. The molecule has 8 N–H and O–H groups in total. The molecule has 0 spiro atoms. The summed E-state index contributed by atoms with van der Waals surface area (Å²) in [6.45, 7) is 25.2. The molecule has 0 radical (unpaired) electrons. The molecule has 31 heteroatoms. The number of hydrogen-bond acceptors (Lipinski definition) is 23. The summed E-state index contributed by atoms with van der Waals surface area (Å²) >= 11 is 0. The van der Waals surface area contributed by atoms with E-state index in [4.69, 9.17) is 4.74 Å². The zero-order valence-electron chi connectivity index (χ0n) is 70.3. The van der Waals surface area contributed by atoms with E-state index in [1.807, 2.05) is 119 Å². The largest absolute Gasteiger partial charge is 0.381 e. The highest BCUT2D eigenvalue weighted by atomic mass is 16.5. The van der Waals surface area contributed by atoms with Crippen LogP contribution in [0.3, 0.4) is 0 Å². The summed E-state index contributed by atoms with van der Waals surface area (Å²) in [5.74, 6) is 2.72. The van der Waals surface area contributed by atoms with Crippen LogP contribution in [0.1, 0.15) is 180 Å². The van der Waals surface area contributed by atoms with E-state index in [1.165, 1.54) is 70.3 Å². The smallest absolute Gasteiger partial charge is 0.259 e. The molecule has 4 aliphatic rings. The first-order chi connectivity index (χ1) is 59.5. The number of nitrogens with zero attached hydrogens (tertiary/aromatic N) is 18. The molecule has 1 aliphatic carbocycles. The molecule has 0 amide bonds. The van der Waals surface area contributed by atoms with Gasteiger partial charge in [-0.25, -0.2) is 59.8 Å². The number of nitrogens with one attached hydrogen (secondary N) is 8. The fourth-order valence-electron chi connectivity index (χ4n) is 18.3. The molecule has 15 heterocycles. The van der Waals surface area contributed by atoms with Gasteiger partial charge < -0.3 is 74.0 Å².